The maximum Gasteiger partial charge on any atom is 0.389 e. The monoisotopic (exact) mass is 391 g/mol. The van der Waals surface area contributed by atoms with Gasteiger partial charge in [-0.05, 0) is 47.4 Å². The fourth-order valence-corrected chi connectivity index (χ4v) is 2.47. The van der Waals surface area contributed by atoms with E-state index in [-0.39, 0.29) is 18.1 Å². The van der Waals surface area contributed by atoms with Gasteiger partial charge in [0.05, 0.1) is 27.4 Å². The van der Waals surface area contributed by atoms with Crippen molar-refractivity contribution in [3.05, 3.63) is 85.9 Å². The molecule has 9 heteroatoms. The molecule has 0 unspecified atom stereocenters. The molecule has 132 valence electrons. The molecule has 3 aromatic rings. The van der Waals surface area contributed by atoms with Crippen LogP contribution in [-0.4, -0.2) is 20.5 Å². The van der Waals surface area contributed by atoms with Gasteiger partial charge in [0.1, 0.15) is 18.1 Å². The van der Waals surface area contributed by atoms with Gasteiger partial charge in [0, 0.05) is 5.56 Å². The van der Waals surface area contributed by atoms with Crippen LogP contribution >= 0.6 is 23.2 Å². The molecule has 26 heavy (non-hydrogen) atoms. The molecule has 0 aliphatic heterocycles. The van der Waals surface area contributed by atoms with Crippen LogP contribution in [0, 0.1) is 10.1 Å². The first-order chi connectivity index (χ1) is 12.4. The molecule has 2 heterocycles. The van der Waals surface area contributed by atoms with Gasteiger partial charge in [-0.2, -0.15) is 4.68 Å². The van der Waals surface area contributed by atoms with E-state index in [1.807, 2.05) is 0 Å². The van der Waals surface area contributed by atoms with Gasteiger partial charge < -0.3 is 14.5 Å². The van der Waals surface area contributed by atoms with Gasteiger partial charge in [-0.3, -0.25) is 4.79 Å². The third-order valence-electron chi connectivity index (χ3n) is 3.42. The highest BCUT2D eigenvalue weighted by molar-refractivity contribution is 6.42. The Hall–Kier alpha value is -2.90. The van der Waals surface area contributed by atoms with Crippen molar-refractivity contribution in [2.75, 3.05) is 0 Å². The van der Waals surface area contributed by atoms with Crippen molar-refractivity contribution in [2.45, 2.75) is 6.54 Å². The van der Waals surface area contributed by atoms with E-state index in [4.69, 9.17) is 27.6 Å². The number of nitro groups is 1. The molecule has 0 spiro atoms. The van der Waals surface area contributed by atoms with Gasteiger partial charge in [0.2, 0.25) is 0 Å². The Kier molecular flexibility index (Phi) is 5.20. The third-order valence-corrected chi connectivity index (χ3v) is 4.16. The number of carbonyl (C=O) groups excluding carboxylic acids is 1. The van der Waals surface area contributed by atoms with Gasteiger partial charge in [-0.15, -0.1) is 0 Å². The predicted molar refractivity (Wildman–Crippen MR) is 96.5 cm³/mol. The van der Waals surface area contributed by atoms with Crippen molar-refractivity contribution in [2.24, 2.45) is 0 Å². The van der Waals surface area contributed by atoms with Gasteiger partial charge in [-0.25, -0.2) is 0 Å². The molecule has 3 rings (SSSR count). The summed E-state index contributed by atoms with van der Waals surface area (Å²) in [5.74, 6) is 0.535. The largest absolute Gasteiger partial charge is 0.460 e. The minimum Gasteiger partial charge on any atom is -0.460 e. The zero-order valence-electron chi connectivity index (χ0n) is 13.1. The van der Waals surface area contributed by atoms with E-state index in [0.29, 0.717) is 27.1 Å². The number of aromatic nitrogens is 2. The Bertz CT molecular complexity index is 1010. The number of halogens is 2. The lowest BCUT2D eigenvalue weighted by Crippen LogP contribution is -2.00. The van der Waals surface area contributed by atoms with Crippen molar-refractivity contribution >= 4 is 40.9 Å². The highest BCUT2D eigenvalue weighted by Gasteiger charge is 2.12. The highest BCUT2D eigenvalue weighted by atomic mass is 35.5. The Labute approximate surface area is 157 Å². The quantitative estimate of drug-likeness (QED) is 0.264. The molecule has 0 N–H and O–H groups in total. The fourth-order valence-electron chi connectivity index (χ4n) is 2.17. The van der Waals surface area contributed by atoms with E-state index in [1.54, 1.807) is 24.3 Å². The molecule has 0 saturated carbocycles. The number of ketones is 1. The molecule has 0 radical (unpaired) electrons. The first-order valence-corrected chi connectivity index (χ1v) is 8.12. The maximum atomic E-state index is 12.1. The molecule has 0 fully saturated rings. The molecule has 0 aliphatic rings. The van der Waals surface area contributed by atoms with Gasteiger partial charge >= 0.3 is 5.82 Å². The number of allylic oxidation sites excluding steroid dienone is 1. The maximum absolute atomic E-state index is 12.1. The minimum atomic E-state index is -0.568. The van der Waals surface area contributed by atoms with Crippen LogP contribution < -0.4 is 0 Å². The Morgan fingerprint density at radius 1 is 1.23 bits per heavy atom. The van der Waals surface area contributed by atoms with Crippen LogP contribution in [0.5, 0.6) is 0 Å². The normalized spacial score (nSPS) is 11.2. The standard InChI is InChI=1S/C17H11Cl2N3O4/c18-14-5-1-11(9-15(14)19)16(23)6-4-12-2-3-13(26-12)10-21-8-7-17(20-21)22(24)25/h1-9H,10H2/b6-4+. The molecule has 7 nitrogen and oxygen atoms in total. The molecule has 0 amide bonds. The van der Waals surface area contributed by atoms with Crippen molar-refractivity contribution in [3.63, 3.8) is 0 Å². The molecule has 0 saturated heterocycles. The highest BCUT2D eigenvalue weighted by Crippen LogP contribution is 2.23. The number of carbonyl (C=O) groups is 1. The minimum absolute atomic E-state index is 0.233. The second-order valence-electron chi connectivity index (χ2n) is 5.26. The van der Waals surface area contributed by atoms with Crippen molar-refractivity contribution in [1.82, 2.24) is 9.78 Å². The third kappa shape index (κ3) is 4.19. The zero-order valence-corrected chi connectivity index (χ0v) is 14.6. The number of hydrogen-bond donors (Lipinski definition) is 0. The van der Waals surface area contributed by atoms with Crippen molar-refractivity contribution in [3.8, 4) is 0 Å². The molecular weight excluding hydrogens is 381 g/mol. The van der Waals surface area contributed by atoms with E-state index in [0.717, 1.165) is 0 Å². The summed E-state index contributed by atoms with van der Waals surface area (Å²) >= 11 is 11.7. The average Bonchev–Trinajstić information content (AvgIpc) is 3.25. The Morgan fingerprint density at radius 2 is 2.04 bits per heavy atom. The van der Waals surface area contributed by atoms with Crippen LogP contribution in [0.4, 0.5) is 5.82 Å². The molecule has 0 aliphatic carbocycles. The zero-order chi connectivity index (χ0) is 18.7. The van der Waals surface area contributed by atoms with Crippen molar-refractivity contribution < 1.29 is 14.1 Å². The number of hydrogen-bond acceptors (Lipinski definition) is 5. The molecular formula is C17H11Cl2N3O4. The number of nitrogens with zero attached hydrogens (tertiary/aromatic N) is 3. The predicted octanol–water partition coefficient (Wildman–Crippen LogP) is 4.64. The summed E-state index contributed by atoms with van der Waals surface area (Å²) in [6.45, 7) is 0.239. The van der Waals surface area contributed by atoms with Crippen LogP contribution in [0.2, 0.25) is 10.0 Å². The van der Waals surface area contributed by atoms with Crippen LogP contribution in [0.15, 0.2) is 53.1 Å². The molecule has 0 bridgehead atoms. The summed E-state index contributed by atoms with van der Waals surface area (Å²) in [5, 5.41) is 15.1. The van der Waals surface area contributed by atoms with Crippen LogP contribution in [0.3, 0.4) is 0 Å². The summed E-state index contributed by atoms with van der Waals surface area (Å²) in [5.41, 5.74) is 0.409. The number of rotatable bonds is 6. The summed E-state index contributed by atoms with van der Waals surface area (Å²) in [4.78, 5) is 22.2. The summed E-state index contributed by atoms with van der Waals surface area (Å²) in [7, 11) is 0. The van der Waals surface area contributed by atoms with E-state index in [9.17, 15) is 14.9 Å². The first kappa shape index (κ1) is 17.9. The Morgan fingerprint density at radius 3 is 2.73 bits per heavy atom. The number of benzene rings is 1. The summed E-state index contributed by atoms with van der Waals surface area (Å²) in [6.07, 6.45) is 4.38. The summed E-state index contributed by atoms with van der Waals surface area (Å²) < 4.78 is 6.96. The fraction of sp³-hybridized carbons (Fsp3) is 0.0588. The SMILES string of the molecule is O=C(/C=C/c1ccc(Cn2ccc([N+](=O)[O-])n2)o1)c1ccc(Cl)c(Cl)c1. The van der Waals surface area contributed by atoms with Gasteiger partial charge in [0.15, 0.2) is 5.78 Å². The topological polar surface area (TPSA) is 91.2 Å². The van der Waals surface area contributed by atoms with Crippen LogP contribution in [0.25, 0.3) is 6.08 Å². The lowest BCUT2D eigenvalue weighted by Gasteiger charge is -1.98. The lowest BCUT2D eigenvalue weighted by molar-refractivity contribution is -0.389. The van der Waals surface area contributed by atoms with Gasteiger partial charge in [0.25, 0.3) is 0 Å². The second-order valence-corrected chi connectivity index (χ2v) is 6.07. The Balaban J connectivity index is 1.67. The average molecular weight is 392 g/mol. The second kappa shape index (κ2) is 7.55. The lowest BCUT2D eigenvalue weighted by atomic mass is 10.1. The van der Waals surface area contributed by atoms with Crippen LogP contribution in [-0.2, 0) is 6.54 Å². The smallest absolute Gasteiger partial charge is 0.389 e. The summed E-state index contributed by atoms with van der Waals surface area (Å²) in [6, 6.07) is 9.33. The molecule has 2 aromatic heterocycles. The molecule has 1 aromatic carbocycles. The van der Waals surface area contributed by atoms with E-state index < -0.39 is 4.92 Å². The number of furan rings is 1. The van der Waals surface area contributed by atoms with E-state index in [1.165, 1.54) is 35.2 Å². The van der Waals surface area contributed by atoms with E-state index in [2.05, 4.69) is 5.10 Å². The van der Waals surface area contributed by atoms with Crippen molar-refractivity contribution in [1.29, 1.82) is 0 Å². The first-order valence-electron chi connectivity index (χ1n) is 7.36. The van der Waals surface area contributed by atoms with Crippen LogP contribution in [0.1, 0.15) is 21.9 Å². The van der Waals surface area contributed by atoms with Gasteiger partial charge in [-0.1, -0.05) is 23.2 Å². The van der Waals surface area contributed by atoms with E-state index >= 15 is 0 Å². The molecule has 0 atom stereocenters.